The third-order valence-electron chi connectivity index (χ3n) is 1.58. The first-order chi connectivity index (χ1) is 6.49. The number of hydrogen-bond acceptors (Lipinski definition) is 2. The molecule has 1 heterocycles. The Bertz CT molecular complexity index is 378. The highest BCUT2D eigenvalue weighted by atomic mass is 35.5. The fourth-order valence-corrected chi connectivity index (χ4v) is 1.70. The molecule has 0 radical (unpaired) electrons. The van der Waals surface area contributed by atoms with Gasteiger partial charge < -0.3 is 5.73 Å². The van der Waals surface area contributed by atoms with E-state index in [1.54, 1.807) is 0 Å². The third-order valence-corrected chi connectivity index (χ3v) is 3.27. The second kappa shape index (κ2) is 4.69. The molecule has 0 saturated carbocycles. The van der Waals surface area contributed by atoms with E-state index in [0.717, 1.165) is 0 Å². The van der Waals surface area contributed by atoms with Crippen LogP contribution in [0.5, 0.6) is 0 Å². The number of pyridine rings is 1. The Kier molecular flexibility index (Phi) is 4.04. The predicted molar refractivity (Wildman–Crippen MR) is 61.4 cm³/mol. The van der Waals surface area contributed by atoms with Crippen LogP contribution in [0.4, 0.5) is 0 Å². The number of nitrogens with two attached hydrogens (primary N) is 1. The lowest BCUT2D eigenvalue weighted by Crippen LogP contribution is -2.10. The number of nitrogens with zero attached hydrogens (tertiary/aromatic N) is 1. The molecule has 0 aliphatic rings. The summed E-state index contributed by atoms with van der Waals surface area (Å²) in [6.07, 6.45) is 1.48. The van der Waals surface area contributed by atoms with Crippen LogP contribution in [0.25, 0.3) is 0 Å². The summed E-state index contributed by atoms with van der Waals surface area (Å²) in [5.74, 6) is 0. The van der Waals surface area contributed by atoms with Crippen LogP contribution in [0.3, 0.4) is 0 Å². The van der Waals surface area contributed by atoms with Gasteiger partial charge in [-0.1, -0.05) is 52.5 Å². The molecule has 1 rings (SSSR count). The van der Waals surface area contributed by atoms with Gasteiger partial charge in [-0.3, -0.25) is 0 Å². The van der Waals surface area contributed by atoms with Gasteiger partial charge in [-0.05, 0) is 0 Å². The molecule has 1 atom stereocenters. The first-order valence-electron chi connectivity index (χ1n) is 3.57. The molecule has 0 bridgehead atoms. The molecular weight excluding hydrogens is 266 g/mol. The molecule has 0 fully saturated rings. The summed E-state index contributed by atoms with van der Waals surface area (Å²) in [7, 11) is 0. The highest BCUT2D eigenvalue weighted by Gasteiger charge is 2.17. The number of rotatable bonds is 2. The van der Waals surface area contributed by atoms with E-state index in [-0.39, 0.29) is 20.2 Å². The maximum Gasteiger partial charge on any atom is 0.149 e. The Morgan fingerprint density at radius 1 is 1.14 bits per heavy atom. The van der Waals surface area contributed by atoms with Crippen molar-refractivity contribution in [2.75, 3.05) is 0 Å². The molecule has 2 N–H and O–H groups in total. The summed E-state index contributed by atoms with van der Waals surface area (Å²) in [5, 5.41) is 0.556. The molecule has 6 heteroatoms. The molecule has 0 aromatic carbocycles. The van der Waals surface area contributed by atoms with E-state index in [1.807, 2.05) is 0 Å². The summed E-state index contributed by atoms with van der Waals surface area (Å²) in [4.78, 5) is 3.92. The van der Waals surface area contributed by atoms with Crippen molar-refractivity contribution in [3.05, 3.63) is 38.6 Å². The molecule has 2 nitrogen and oxygen atoms in total. The largest absolute Gasteiger partial charge is 0.319 e. The molecular formula is C8H6Cl4N2. The minimum absolute atomic E-state index is 0.0772. The fourth-order valence-electron chi connectivity index (χ4n) is 0.836. The van der Waals surface area contributed by atoms with E-state index in [1.165, 1.54) is 6.08 Å². The van der Waals surface area contributed by atoms with Crippen LogP contribution in [0, 0.1) is 0 Å². The van der Waals surface area contributed by atoms with Gasteiger partial charge in [0.05, 0.1) is 26.8 Å². The van der Waals surface area contributed by atoms with Crippen molar-refractivity contribution < 1.29 is 0 Å². The Morgan fingerprint density at radius 2 is 1.71 bits per heavy atom. The molecule has 0 amide bonds. The third kappa shape index (κ3) is 2.15. The Labute approximate surface area is 102 Å². The summed E-state index contributed by atoms with van der Waals surface area (Å²) >= 11 is 23.1. The van der Waals surface area contributed by atoms with Gasteiger partial charge in [0.2, 0.25) is 0 Å². The smallest absolute Gasteiger partial charge is 0.149 e. The van der Waals surface area contributed by atoms with E-state index >= 15 is 0 Å². The normalized spacial score (nSPS) is 12.6. The van der Waals surface area contributed by atoms with E-state index in [4.69, 9.17) is 52.1 Å². The fraction of sp³-hybridized carbons (Fsp3) is 0.125. The molecule has 1 unspecified atom stereocenters. The van der Waals surface area contributed by atoms with E-state index in [2.05, 4.69) is 11.6 Å². The lowest BCUT2D eigenvalue weighted by molar-refractivity contribution is 0.865. The van der Waals surface area contributed by atoms with Gasteiger partial charge >= 0.3 is 0 Å². The van der Waals surface area contributed by atoms with Crippen LogP contribution in [0.15, 0.2) is 12.7 Å². The van der Waals surface area contributed by atoms with Crippen molar-refractivity contribution in [3.63, 3.8) is 0 Å². The summed E-state index contributed by atoms with van der Waals surface area (Å²) in [5.41, 5.74) is 6.02. The average molecular weight is 272 g/mol. The van der Waals surface area contributed by atoms with Crippen LogP contribution in [-0.4, -0.2) is 4.98 Å². The van der Waals surface area contributed by atoms with Crippen LogP contribution in [0.1, 0.15) is 11.7 Å². The second-order valence-electron chi connectivity index (χ2n) is 2.49. The lowest BCUT2D eigenvalue weighted by Gasteiger charge is -2.10. The minimum atomic E-state index is -0.519. The molecule has 76 valence electrons. The van der Waals surface area contributed by atoms with Crippen molar-refractivity contribution >= 4 is 46.4 Å². The predicted octanol–water partition coefficient (Wildman–Crippen LogP) is 3.88. The topological polar surface area (TPSA) is 38.9 Å². The Balaban J connectivity index is 3.40. The Hall–Kier alpha value is 0.01000. The van der Waals surface area contributed by atoms with Gasteiger partial charge in [-0.25, -0.2) is 4.98 Å². The zero-order valence-corrected chi connectivity index (χ0v) is 9.92. The SMILES string of the molecule is C=CC(N)c1nc(Cl)c(Cl)c(Cl)c1Cl. The van der Waals surface area contributed by atoms with Crippen molar-refractivity contribution in [1.82, 2.24) is 4.98 Å². The molecule has 0 spiro atoms. The summed E-state index contributed by atoms with van der Waals surface area (Å²) < 4.78 is 0. The van der Waals surface area contributed by atoms with Crippen LogP contribution >= 0.6 is 46.4 Å². The molecule has 0 saturated heterocycles. The van der Waals surface area contributed by atoms with Crippen molar-refractivity contribution in [1.29, 1.82) is 0 Å². The maximum absolute atomic E-state index is 5.88. The van der Waals surface area contributed by atoms with E-state index < -0.39 is 6.04 Å². The second-order valence-corrected chi connectivity index (χ2v) is 3.98. The lowest BCUT2D eigenvalue weighted by atomic mass is 10.2. The monoisotopic (exact) mass is 270 g/mol. The number of hydrogen-bond donors (Lipinski definition) is 1. The van der Waals surface area contributed by atoms with Crippen molar-refractivity contribution in [3.8, 4) is 0 Å². The zero-order valence-electron chi connectivity index (χ0n) is 6.90. The van der Waals surface area contributed by atoms with Crippen LogP contribution in [-0.2, 0) is 0 Å². The van der Waals surface area contributed by atoms with Gasteiger partial charge in [0, 0.05) is 0 Å². The summed E-state index contributed by atoms with van der Waals surface area (Å²) in [6, 6.07) is -0.519. The maximum atomic E-state index is 5.88. The van der Waals surface area contributed by atoms with Crippen LogP contribution < -0.4 is 5.73 Å². The first-order valence-corrected chi connectivity index (χ1v) is 5.08. The van der Waals surface area contributed by atoms with Crippen molar-refractivity contribution in [2.45, 2.75) is 6.04 Å². The summed E-state index contributed by atoms with van der Waals surface area (Å²) in [6.45, 7) is 3.52. The zero-order chi connectivity index (χ0) is 10.9. The number of halogens is 4. The van der Waals surface area contributed by atoms with Crippen LogP contribution in [0.2, 0.25) is 20.2 Å². The highest BCUT2D eigenvalue weighted by Crippen LogP contribution is 2.37. The molecule has 0 aliphatic carbocycles. The van der Waals surface area contributed by atoms with E-state index in [0.29, 0.717) is 5.69 Å². The molecule has 1 aromatic heterocycles. The molecule has 1 aromatic rings. The average Bonchev–Trinajstić information content (AvgIpc) is 2.19. The first kappa shape index (κ1) is 12.1. The van der Waals surface area contributed by atoms with Gasteiger partial charge in [0.25, 0.3) is 0 Å². The standard InChI is InChI=1S/C8H6Cl4N2/c1-2-3(13)7-5(10)4(9)6(11)8(12)14-7/h2-3H,1,13H2. The van der Waals surface area contributed by atoms with E-state index in [9.17, 15) is 0 Å². The minimum Gasteiger partial charge on any atom is -0.319 e. The number of aromatic nitrogens is 1. The van der Waals surface area contributed by atoms with Gasteiger partial charge in [0.15, 0.2) is 0 Å². The van der Waals surface area contributed by atoms with Gasteiger partial charge in [-0.15, -0.1) is 6.58 Å². The molecule has 14 heavy (non-hydrogen) atoms. The van der Waals surface area contributed by atoms with Gasteiger partial charge in [-0.2, -0.15) is 0 Å². The van der Waals surface area contributed by atoms with Gasteiger partial charge in [0.1, 0.15) is 5.15 Å². The molecule has 0 aliphatic heterocycles. The quantitative estimate of drug-likeness (QED) is 0.655. The highest BCUT2D eigenvalue weighted by molar-refractivity contribution is 6.51. The Morgan fingerprint density at radius 3 is 2.21 bits per heavy atom. The van der Waals surface area contributed by atoms with Crippen molar-refractivity contribution in [2.24, 2.45) is 5.73 Å².